The third-order valence-corrected chi connectivity index (χ3v) is 2.66. The van der Waals surface area contributed by atoms with Crippen LogP contribution < -0.4 is 11.5 Å². The number of nitrogens with two attached hydrogens (primary N) is 2. The molecule has 0 saturated carbocycles. The molecule has 1 heterocycles. The van der Waals surface area contributed by atoms with Crippen LogP contribution in [0.25, 0.3) is 10.2 Å². The van der Waals surface area contributed by atoms with Crippen molar-refractivity contribution in [3.05, 3.63) is 23.8 Å². The van der Waals surface area contributed by atoms with Gasteiger partial charge in [0.2, 0.25) is 0 Å². The number of benzene rings is 1. The molecule has 0 saturated heterocycles. The van der Waals surface area contributed by atoms with Gasteiger partial charge in [-0.3, -0.25) is 0 Å². The number of fused-ring (bicyclic) bond motifs is 1. The second-order valence-electron chi connectivity index (χ2n) is 2.72. The average Bonchev–Trinajstić information content (AvgIpc) is 2.55. The third-order valence-electron chi connectivity index (χ3n) is 1.81. The highest BCUT2D eigenvalue weighted by atomic mass is 32.1. The molecule has 0 atom stereocenters. The van der Waals surface area contributed by atoms with E-state index >= 15 is 0 Å². The first-order valence-corrected chi connectivity index (χ1v) is 4.66. The molecule has 0 aliphatic heterocycles. The molecule has 0 radical (unpaired) electrons. The zero-order chi connectivity index (χ0) is 10.1. The summed E-state index contributed by atoms with van der Waals surface area (Å²) >= 11 is 1.37. The summed E-state index contributed by atoms with van der Waals surface area (Å²) in [6, 6.07) is 5.31. The minimum absolute atomic E-state index is 0.0823. The molecule has 14 heavy (non-hydrogen) atoms. The molecule has 1 aromatic carbocycles. The number of oxime groups is 1. The van der Waals surface area contributed by atoms with Crippen molar-refractivity contribution in [2.24, 2.45) is 10.9 Å². The van der Waals surface area contributed by atoms with Crippen molar-refractivity contribution >= 4 is 32.5 Å². The van der Waals surface area contributed by atoms with Gasteiger partial charge in [0.15, 0.2) is 11.0 Å². The minimum Gasteiger partial charge on any atom is -0.409 e. The van der Waals surface area contributed by atoms with Crippen LogP contribution in [0.5, 0.6) is 0 Å². The number of aromatic nitrogens is 1. The summed E-state index contributed by atoms with van der Waals surface area (Å²) in [5.41, 5.74) is 12.5. The molecule has 0 aliphatic carbocycles. The molecule has 72 valence electrons. The molecular weight excluding hydrogens is 200 g/mol. The van der Waals surface area contributed by atoms with Crippen molar-refractivity contribution in [3.63, 3.8) is 0 Å². The van der Waals surface area contributed by atoms with Gasteiger partial charge in [-0.05, 0) is 18.2 Å². The first-order valence-electron chi connectivity index (χ1n) is 3.84. The fraction of sp³-hybridized carbons (Fsp3) is 0. The Bertz CT molecular complexity index is 505. The summed E-state index contributed by atoms with van der Waals surface area (Å²) in [7, 11) is 0. The maximum atomic E-state index is 8.49. The summed E-state index contributed by atoms with van der Waals surface area (Å²) in [6.07, 6.45) is 0. The van der Waals surface area contributed by atoms with Gasteiger partial charge in [0.05, 0.1) is 10.2 Å². The van der Waals surface area contributed by atoms with E-state index in [1.165, 1.54) is 11.3 Å². The number of nitrogens with zero attached hydrogens (tertiary/aromatic N) is 2. The van der Waals surface area contributed by atoms with E-state index in [4.69, 9.17) is 16.7 Å². The summed E-state index contributed by atoms with van der Waals surface area (Å²) in [4.78, 5) is 4.09. The first kappa shape index (κ1) is 8.76. The Balaban J connectivity index is 2.61. The number of rotatable bonds is 1. The quantitative estimate of drug-likeness (QED) is 0.281. The lowest BCUT2D eigenvalue weighted by molar-refractivity contribution is 0.318. The van der Waals surface area contributed by atoms with Crippen LogP contribution in [-0.2, 0) is 0 Å². The van der Waals surface area contributed by atoms with Crippen LogP contribution in [0.3, 0.4) is 0 Å². The fourth-order valence-electron chi connectivity index (χ4n) is 1.16. The van der Waals surface area contributed by atoms with Crippen LogP contribution in [0.4, 0.5) is 5.13 Å². The Morgan fingerprint density at radius 3 is 3.00 bits per heavy atom. The number of hydrogen-bond acceptors (Lipinski definition) is 5. The van der Waals surface area contributed by atoms with E-state index < -0.39 is 0 Å². The summed E-state index contributed by atoms with van der Waals surface area (Å²) in [5, 5.41) is 11.9. The molecule has 2 rings (SSSR count). The zero-order valence-electron chi connectivity index (χ0n) is 7.14. The molecule has 5 nitrogen and oxygen atoms in total. The number of anilines is 1. The van der Waals surface area contributed by atoms with Crippen LogP contribution >= 0.6 is 11.3 Å². The number of hydrogen-bond donors (Lipinski definition) is 3. The van der Waals surface area contributed by atoms with Crippen molar-refractivity contribution in [1.29, 1.82) is 0 Å². The number of thiazole rings is 1. The Kier molecular flexibility index (Phi) is 1.97. The number of nitrogen functional groups attached to an aromatic ring is 1. The van der Waals surface area contributed by atoms with Crippen LogP contribution in [-0.4, -0.2) is 16.0 Å². The molecule has 0 bridgehead atoms. The largest absolute Gasteiger partial charge is 0.409 e. The van der Waals surface area contributed by atoms with Gasteiger partial charge in [-0.15, -0.1) is 0 Å². The monoisotopic (exact) mass is 208 g/mol. The lowest BCUT2D eigenvalue weighted by Crippen LogP contribution is -2.12. The van der Waals surface area contributed by atoms with Gasteiger partial charge in [0, 0.05) is 5.56 Å². The second-order valence-corrected chi connectivity index (χ2v) is 3.78. The predicted molar refractivity (Wildman–Crippen MR) is 56.5 cm³/mol. The molecule has 0 amide bonds. The van der Waals surface area contributed by atoms with E-state index in [0.29, 0.717) is 10.7 Å². The second kappa shape index (κ2) is 3.15. The van der Waals surface area contributed by atoms with Crippen molar-refractivity contribution in [3.8, 4) is 0 Å². The van der Waals surface area contributed by atoms with Crippen molar-refractivity contribution in [2.45, 2.75) is 0 Å². The SMILES string of the molecule is NC(=NO)c1ccc2nc(N)sc2c1. The van der Waals surface area contributed by atoms with E-state index in [1.54, 1.807) is 18.2 Å². The summed E-state index contributed by atoms with van der Waals surface area (Å²) in [5.74, 6) is 0.0823. The normalized spacial score (nSPS) is 12.1. The highest BCUT2D eigenvalue weighted by molar-refractivity contribution is 7.22. The van der Waals surface area contributed by atoms with Crippen LogP contribution in [0.1, 0.15) is 5.56 Å². The lowest BCUT2D eigenvalue weighted by atomic mass is 10.2. The Hall–Kier alpha value is -1.82. The first-order chi connectivity index (χ1) is 6.70. The van der Waals surface area contributed by atoms with Gasteiger partial charge in [0.1, 0.15) is 0 Å². The Morgan fingerprint density at radius 1 is 1.50 bits per heavy atom. The molecule has 2 aromatic rings. The van der Waals surface area contributed by atoms with E-state index in [0.717, 1.165) is 10.2 Å². The van der Waals surface area contributed by atoms with E-state index in [9.17, 15) is 0 Å². The van der Waals surface area contributed by atoms with Crippen molar-refractivity contribution in [1.82, 2.24) is 4.98 Å². The van der Waals surface area contributed by atoms with Crippen molar-refractivity contribution < 1.29 is 5.21 Å². The highest BCUT2D eigenvalue weighted by Gasteiger charge is 2.04. The fourth-order valence-corrected chi connectivity index (χ4v) is 1.93. The van der Waals surface area contributed by atoms with Gasteiger partial charge < -0.3 is 16.7 Å². The molecule has 1 aromatic heterocycles. The average molecular weight is 208 g/mol. The smallest absolute Gasteiger partial charge is 0.181 e. The maximum Gasteiger partial charge on any atom is 0.181 e. The Morgan fingerprint density at radius 2 is 2.29 bits per heavy atom. The minimum atomic E-state index is 0.0823. The van der Waals surface area contributed by atoms with Gasteiger partial charge in [-0.2, -0.15) is 0 Å². The molecule has 5 N–H and O–H groups in total. The van der Waals surface area contributed by atoms with Gasteiger partial charge in [0.25, 0.3) is 0 Å². The molecule has 0 aliphatic rings. The van der Waals surface area contributed by atoms with Crippen LogP contribution in [0.15, 0.2) is 23.4 Å². The van der Waals surface area contributed by atoms with Crippen LogP contribution in [0, 0.1) is 0 Å². The maximum absolute atomic E-state index is 8.49. The topological polar surface area (TPSA) is 97.5 Å². The molecule has 0 fully saturated rings. The molecule has 6 heteroatoms. The van der Waals surface area contributed by atoms with E-state index in [2.05, 4.69) is 10.1 Å². The highest BCUT2D eigenvalue weighted by Crippen LogP contribution is 2.24. The van der Waals surface area contributed by atoms with E-state index in [-0.39, 0.29) is 5.84 Å². The van der Waals surface area contributed by atoms with Gasteiger partial charge >= 0.3 is 0 Å². The number of amidine groups is 1. The predicted octanol–water partition coefficient (Wildman–Crippen LogP) is 0.973. The Labute approximate surface area is 83.7 Å². The van der Waals surface area contributed by atoms with Crippen LogP contribution in [0.2, 0.25) is 0 Å². The third kappa shape index (κ3) is 1.35. The van der Waals surface area contributed by atoms with Gasteiger partial charge in [-0.1, -0.05) is 16.5 Å². The van der Waals surface area contributed by atoms with Crippen molar-refractivity contribution in [2.75, 3.05) is 5.73 Å². The zero-order valence-corrected chi connectivity index (χ0v) is 7.95. The van der Waals surface area contributed by atoms with Gasteiger partial charge in [-0.25, -0.2) is 4.98 Å². The standard InChI is InChI=1S/C8H8N4OS/c9-7(12-13)4-1-2-5-6(3-4)14-8(10)11-5/h1-3,13H,(H2,9,12)(H2,10,11). The summed E-state index contributed by atoms with van der Waals surface area (Å²) in [6.45, 7) is 0. The summed E-state index contributed by atoms with van der Waals surface area (Å²) < 4.78 is 0.923. The lowest BCUT2D eigenvalue weighted by Gasteiger charge is -1.96. The molecule has 0 spiro atoms. The molecular formula is C8H8N4OS. The van der Waals surface area contributed by atoms with E-state index in [1.807, 2.05) is 0 Å². The molecule has 0 unspecified atom stereocenters.